The lowest BCUT2D eigenvalue weighted by molar-refractivity contribution is 0.0695. The third kappa shape index (κ3) is 33.3. The number of carboxylic acids is 1. The van der Waals surface area contributed by atoms with Gasteiger partial charge in [0.05, 0.1) is 22.3 Å². The van der Waals surface area contributed by atoms with Crippen LogP contribution in [0, 0.1) is 22.2 Å². The van der Waals surface area contributed by atoms with Crippen molar-refractivity contribution in [2.24, 2.45) is 27.3 Å². The van der Waals surface area contributed by atoms with Gasteiger partial charge in [0.2, 0.25) is 0 Å². The van der Waals surface area contributed by atoms with Crippen molar-refractivity contribution in [2.75, 3.05) is 101 Å². The molecule has 6 fully saturated rings. The molecule has 8 aromatic rings. The molecule has 38 nitrogen and oxygen atoms in total. The molecule has 4 atom stereocenters. The number of nitrogens with one attached hydrogen (secondary N) is 9. The molecule has 16 rings (SSSR count). The fourth-order valence-electron chi connectivity index (χ4n) is 18.5. The Bertz CT molecular complexity index is 6490. The van der Waals surface area contributed by atoms with Crippen LogP contribution in [-0.2, 0) is 40.1 Å². The van der Waals surface area contributed by atoms with Crippen LogP contribution in [0.25, 0.3) is 0 Å². The van der Waals surface area contributed by atoms with Gasteiger partial charge in [0.15, 0.2) is 20.1 Å². The predicted octanol–water partition coefficient (Wildman–Crippen LogP) is 17.3. The standard InChI is InChI=1S/C29H41N7O4S.C20H25Cl2N5O3S.C20H24ClN5O3S.C15H25N3O2S.C9H18N2O.C6H3Cl2NO2/c1-28(2,3)15-17-34-18-19-35(27(34)38)23-12-11-21-25(32-23)36-20(13-14-29(36,4)5)8-7-16-30-22-9-6-10-24(31-22)41(39,40)33-26(21)37;1-20(2)11-10-13(26-20)5-4-12-23-16-6-3-7-17(25-16)31(29,30)27-19(28)14-8-9-15(21)24-18(14)22;1-20(2)11-10-13-5-4-12-22-16-6-3-7-17(24-16)30(28,29)25-19(27)14-8-9-15(21)23-18(14)26(13)20;1-15(2)9-8-12(11-15)5-4-10-17-13-6-3-7-14(18-13)21(16,19)20;1-9(2,3)4-6-11-7-5-10-8(11)12;7-4-2-1-3(6(10)11)5(8)9-4/h6,9-12,20H,7-8,13-19H2,1-5H3,(H,30,31)(H,33,37);3,6-9,13,26H,4-5,10-12H2,1-2H3,(H,23,25)(H,27,28);3,6-9,13H,4-5,10-12H2,1-2H3,(H,22,24)(H,25,27);3,6-7,12H,4-5,8-11H2,1-2H3,(H,17,18)(H2,16,19,20);4-7H2,1-3H3,(H,10,12);1-2H,(H,10,11). The lowest BCUT2D eigenvalue weighted by Crippen LogP contribution is -2.45. The monoisotopic (exact) mass is 2190 g/mol. The third-order valence-corrected chi connectivity index (χ3v) is 31.9. The first-order valence-corrected chi connectivity index (χ1v) is 56.8. The second-order valence-corrected chi connectivity index (χ2v) is 50.7. The molecule has 1 aliphatic carbocycles. The molecule has 47 heteroatoms. The molecule has 5 saturated heterocycles. The van der Waals surface area contributed by atoms with Gasteiger partial charge in [-0.1, -0.05) is 138 Å². The number of aromatic nitrogens is 8. The van der Waals surface area contributed by atoms with Gasteiger partial charge >= 0.3 is 18.0 Å². The van der Waals surface area contributed by atoms with E-state index >= 15 is 0 Å². The van der Waals surface area contributed by atoms with Crippen LogP contribution in [0.3, 0.4) is 0 Å². The third-order valence-electron chi connectivity index (χ3n) is 26.2. The van der Waals surface area contributed by atoms with Gasteiger partial charge in [-0.15, -0.1) is 0 Å². The fourth-order valence-corrected chi connectivity index (χ4v) is 22.8. The number of sulfonamides is 4. The first-order valence-electron chi connectivity index (χ1n) is 48.9. The molecule has 4 unspecified atom stereocenters. The molecule has 8 aliphatic rings. The van der Waals surface area contributed by atoms with E-state index in [0.29, 0.717) is 96.9 Å². The van der Waals surface area contributed by atoms with Crippen molar-refractivity contribution >= 4 is 175 Å². The second kappa shape index (κ2) is 49.4. The Morgan fingerprint density at radius 1 is 0.514 bits per heavy atom. The summed E-state index contributed by atoms with van der Waals surface area (Å²) in [5.74, 6) is 0.413. The minimum atomic E-state index is -4.24. The molecule has 4 bridgehead atoms. The molecule has 0 aromatic carbocycles. The maximum Gasteiger partial charge on any atom is 0.338 e. The minimum Gasteiger partial charge on any atom is -0.478 e. The molecule has 7 aliphatic heterocycles. The van der Waals surface area contributed by atoms with Crippen LogP contribution >= 0.6 is 58.0 Å². The number of carbonyl (C=O) groups is 6. The Kier molecular flexibility index (Phi) is 39.2. The van der Waals surface area contributed by atoms with Crippen LogP contribution in [0.15, 0.2) is 141 Å². The van der Waals surface area contributed by atoms with Crippen molar-refractivity contribution < 1.29 is 67.5 Å². The SMILES string of the molecule is CC(C)(C)CCN1CCN(c2ccc3c(n2)N2C(CCCNc4cccc(n4)S(=O)(=O)NC3=O)CCC2(C)C)C1=O.CC(C)(C)CCN1CCNC1=O.CC1(C)CCC(CCCNc2cccc(S(=O)(=O)NC(=O)c3ccc(Cl)nc3Cl)n2)N1.CC1(C)CCC(CCCNc2cccc(S(N)(=O)=O)n2)C1.CC1(C)CCC2CCCNc3cccc(n3)S(=O)(=O)NC(=O)c3ccc(Cl)nc3N21.O=C(O)c1ccc(Cl)nc1Cl. The van der Waals surface area contributed by atoms with Crippen LogP contribution in [0.1, 0.15) is 260 Å². The number of halogens is 5. The largest absolute Gasteiger partial charge is 0.478 e. The van der Waals surface area contributed by atoms with Gasteiger partial charge in [-0.05, 0) is 283 Å². The maximum absolute atomic E-state index is 13.6. The highest BCUT2D eigenvalue weighted by molar-refractivity contribution is 7.90. The van der Waals surface area contributed by atoms with Crippen LogP contribution in [0.2, 0.25) is 25.8 Å². The number of carboxylic acid groups (broad SMARTS) is 1. The van der Waals surface area contributed by atoms with Gasteiger partial charge in [-0.3, -0.25) is 19.3 Å². The average Bonchev–Trinajstić information content (AvgIpc) is 1.58. The highest BCUT2D eigenvalue weighted by atomic mass is 35.5. The minimum absolute atomic E-state index is 0.0453. The Labute approximate surface area is 882 Å². The zero-order valence-corrected chi connectivity index (χ0v) is 92.0. The number of amides is 7. The number of carbonyl (C=O) groups excluding carboxylic acids is 5. The number of rotatable bonds is 20. The van der Waals surface area contributed by atoms with Crippen LogP contribution in [-0.4, -0.2) is 224 Å². The fraction of sp³-hybridized carbons (Fsp3) is 0.535. The van der Waals surface area contributed by atoms with Gasteiger partial charge in [0, 0.05) is 100 Å². The van der Waals surface area contributed by atoms with E-state index in [9.17, 15) is 62.4 Å². The Balaban J connectivity index is 0.000000175. The molecular weight excluding hydrogens is 2060 g/mol. The highest BCUT2D eigenvalue weighted by Crippen LogP contribution is 2.46. The summed E-state index contributed by atoms with van der Waals surface area (Å²) in [6.45, 7) is 37.6. The quantitative estimate of drug-likeness (QED) is 0.0249. The van der Waals surface area contributed by atoms with Crippen molar-refractivity contribution in [3.8, 4) is 0 Å². The molecule has 146 heavy (non-hydrogen) atoms. The first-order chi connectivity index (χ1) is 68.3. The molecule has 7 amide bonds. The Hall–Kier alpha value is -10.4. The van der Waals surface area contributed by atoms with Gasteiger partial charge in [0.25, 0.3) is 57.8 Å². The van der Waals surface area contributed by atoms with E-state index in [2.05, 4.69) is 183 Å². The first kappa shape index (κ1) is 116. The number of nitrogens with two attached hydrogens (primary N) is 1. The summed E-state index contributed by atoms with van der Waals surface area (Å²) in [6.07, 6.45) is 19.6. The second-order valence-electron chi connectivity index (χ2n) is 42.4. The van der Waals surface area contributed by atoms with E-state index < -0.39 is 63.8 Å². The number of pyridine rings is 8. The van der Waals surface area contributed by atoms with Crippen molar-refractivity contribution in [2.45, 2.75) is 274 Å². The molecule has 8 aromatic heterocycles. The van der Waals surface area contributed by atoms with Gasteiger partial charge in [0.1, 0.15) is 66.5 Å². The summed E-state index contributed by atoms with van der Waals surface area (Å²) in [6, 6.07) is 31.0. The summed E-state index contributed by atoms with van der Waals surface area (Å²) >= 11 is 28.6. The van der Waals surface area contributed by atoms with Gasteiger partial charge in [-0.2, -0.15) is 25.3 Å². The summed E-state index contributed by atoms with van der Waals surface area (Å²) in [7, 11) is -16.3. The zero-order valence-electron chi connectivity index (χ0n) is 84.9. The molecule has 0 spiro atoms. The number of urea groups is 2. The van der Waals surface area contributed by atoms with E-state index in [4.69, 9.17) is 73.2 Å². The van der Waals surface area contributed by atoms with Crippen molar-refractivity contribution in [3.05, 3.63) is 169 Å². The van der Waals surface area contributed by atoms with Crippen molar-refractivity contribution in [1.29, 1.82) is 0 Å². The number of primary sulfonamides is 1. The van der Waals surface area contributed by atoms with E-state index in [1.807, 2.05) is 14.5 Å². The van der Waals surface area contributed by atoms with Gasteiger partial charge < -0.3 is 56.6 Å². The molecule has 15 heterocycles. The van der Waals surface area contributed by atoms with Crippen molar-refractivity contribution in [1.82, 2.24) is 74.5 Å². The molecule has 0 radical (unpaired) electrons. The zero-order chi connectivity index (χ0) is 107. The summed E-state index contributed by atoms with van der Waals surface area (Å²) < 4.78 is 106. The van der Waals surface area contributed by atoms with Gasteiger partial charge in [-0.25, -0.2) is 82.0 Å². The average molecular weight is 2190 g/mol. The normalized spacial score (nSPS) is 20.1. The Morgan fingerprint density at radius 2 is 1.00 bits per heavy atom. The number of hydrogen-bond donors (Lipinski definition) is 11. The summed E-state index contributed by atoms with van der Waals surface area (Å²) in [5, 5.41) is 32.1. The number of aromatic carboxylic acids is 1. The predicted molar refractivity (Wildman–Crippen MR) is 570 cm³/mol. The van der Waals surface area contributed by atoms with E-state index in [-0.39, 0.29) is 114 Å². The summed E-state index contributed by atoms with van der Waals surface area (Å²) in [5.41, 5.74) is 0.738. The topological polar surface area (TPSA) is 513 Å². The van der Waals surface area contributed by atoms with Crippen LogP contribution < -0.4 is 65.9 Å². The van der Waals surface area contributed by atoms with E-state index in [1.54, 1.807) is 65.6 Å². The van der Waals surface area contributed by atoms with E-state index in [0.717, 1.165) is 128 Å². The number of hydrogen-bond acceptors (Lipinski definition) is 29. The highest BCUT2D eigenvalue weighted by Gasteiger charge is 2.46. The van der Waals surface area contributed by atoms with Crippen LogP contribution in [0.4, 0.5) is 50.3 Å². The number of anilines is 7. The molecular formula is C99H136Cl5N23O15S4. The molecule has 12 N–H and O–H groups in total. The van der Waals surface area contributed by atoms with Crippen molar-refractivity contribution in [3.63, 3.8) is 0 Å². The number of fused-ring (bicyclic) bond motifs is 10. The number of nitrogens with zero attached hydrogens (tertiary/aromatic N) is 13. The van der Waals surface area contributed by atoms with Crippen LogP contribution in [0.5, 0.6) is 0 Å². The maximum atomic E-state index is 13.6. The molecule has 796 valence electrons. The smallest absolute Gasteiger partial charge is 0.338 e. The lowest BCUT2D eigenvalue weighted by atomic mass is 9.89. The lowest BCUT2D eigenvalue weighted by Gasteiger charge is -2.38. The van der Waals surface area contributed by atoms with E-state index in [1.165, 1.54) is 86.3 Å². The molecule has 1 saturated carbocycles. The Morgan fingerprint density at radius 3 is 1.49 bits per heavy atom. The summed E-state index contributed by atoms with van der Waals surface area (Å²) in [4.78, 5) is 117.